The summed E-state index contributed by atoms with van der Waals surface area (Å²) in [6, 6.07) is 9.59. The molecule has 14 heteroatoms. The molecule has 0 bridgehead atoms. The molecule has 3 aromatic carbocycles. The Bertz CT molecular complexity index is 1830. The zero-order valence-electron chi connectivity index (χ0n) is 20.7. The predicted molar refractivity (Wildman–Crippen MR) is 144 cm³/mol. The maximum atomic E-state index is 13.6. The van der Waals surface area contributed by atoms with Gasteiger partial charge in [-0.3, -0.25) is 10.2 Å². The van der Waals surface area contributed by atoms with E-state index in [0.717, 1.165) is 18.2 Å². The minimum absolute atomic E-state index is 0.0212. The molecule has 206 valence electrons. The van der Waals surface area contributed by atoms with E-state index >= 15 is 0 Å². The van der Waals surface area contributed by atoms with E-state index in [4.69, 9.17) is 16.3 Å². The summed E-state index contributed by atoms with van der Waals surface area (Å²) < 4.78 is 24.0. The highest BCUT2D eigenvalue weighted by atomic mass is 32.2. The fraction of sp³-hybridized carbons (Fsp3) is 0.154. The summed E-state index contributed by atoms with van der Waals surface area (Å²) in [6.45, 7) is 0.200. The molecule has 1 unspecified atom stereocenters. The van der Waals surface area contributed by atoms with Gasteiger partial charge in [0, 0.05) is 28.8 Å². The Labute approximate surface area is 227 Å². The number of primary sulfonamides is 1. The van der Waals surface area contributed by atoms with Crippen molar-refractivity contribution in [2.45, 2.75) is 23.8 Å². The van der Waals surface area contributed by atoms with Crippen molar-refractivity contribution in [2.24, 2.45) is 10.9 Å². The molecule has 1 amide bonds. The van der Waals surface area contributed by atoms with Crippen LogP contribution in [0.1, 0.15) is 28.8 Å². The number of sulfonamides is 1. The van der Waals surface area contributed by atoms with Crippen LogP contribution in [0.2, 0.25) is 0 Å². The third kappa shape index (κ3) is 4.69. The van der Waals surface area contributed by atoms with Gasteiger partial charge in [0.15, 0.2) is 0 Å². The first-order chi connectivity index (χ1) is 18.8. The lowest BCUT2D eigenvalue weighted by Crippen LogP contribution is -2.40. The molecule has 1 aromatic heterocycles. The highest BCUT2D eigenvalue weighted by Crippen LogP contribution is 2.43. The SMILES string of the molecule is N=C(N)c1ccc2[nH]c(-c3cc(C(=O)N4CCCC4C(=O)O)cc(-c4cc(S(N)(=O)=O)ccc4O)c3O)nc2c1. The predicted octanol–water partition coefficient (Wildman–Crippen LogP) is 1.93. The number of benzene rings is 3. The molecule has 0 saturated carbocycles. The number of rotatable bonds is 6. The molecule has 4 aromatic rings. The maximum Gasteiger partial charge on any atom is 0.326 e. The first-order valence-electron chi connectivity index (χ1n) is 12.0. The fourth-order valence-electron chi connectivity index (χ4n) is 4.78. The quantitative estimate of drug-likeness (QED) is 0.134. The van der Waals surface area contributed by atoms with E-state index in [2.05, 4.69) is 9.97 Å². The summed E-state index contributed by atoms with van der Waals surface area (Å²) >= 11 is 0. The van der Waals surface area contributed by atoms with Gasteiger partial charge >= 0.3 is 5.97 Å². The van der Waals surface area contributed by atoms with E-state index in [1.54, 1.807) is 18.2 Å². The van der Waals surface area contributed by atoms with E-state index < -0.39 is 39.4 Å². The average Bonchev–Trinajstić information content (AvgIpc) is 3.55. The third-order valence-corrected chi connectivity index (χ3v) is 7.70. The molecule has 1 atom stereocenters. The van der Waals surface area contributed by atoms with Gasteiger partial charge < -0.3 is 30.9 Å². The van der Waals surface area contributed by atoms with Crippen LogP contribution in [0.15, 0.2) is 53.4 Å². The molecular formula is C26H24N6O7S. The molecule has 9 N–H and O–H groups in total. The number of carboxylic acid groups (broad SMARTS) is 1. The number of aromatic hydroxyl groups is 2. The highest BCUT2D eigenvalue weighted by molar-refractivity contribution is 7.89. The number of imidazole rings is 1. The number of carboxylic acids is 1. The van der Waals surface area contributed by atoms with Crippen molar-refractivity contribution in [1.82, 2.24) is 14.9 Å². The third-order valence-electron chi connectivity index (χ3n) is 6.79. The van der Waals surface area contributed by atoms with E-state index in [1.165, 1.54) is 17.0 Å². The van der Waals surface area contributed by atoms with Crippen LogP contribution in [0.4, 0.5) is 0 Å². The molecule has 1 saturated heterocycles. The first-order valence-corrected chi connectivity index (χ1v) is 13.5. The number of amides is 1. The summed E-state index contributed by atoms with van der Waals surface area (Å²) in [7, 11) is -4.19. The minimum atomic E-state index is -4.19. The summed E-state index contributed by atoms with van der Waals surface area (Å²) in [6.07, 6.45) is 0.762. The number of nitrogens with one attached hydrogen (secondary N) is 2. The molecule has 0 spiro atoms. The van der Waals surface area contributed by atoms with E-state index in [0.29, 0.717) is 23.0 Å². The van der Waals surface area contributed by atoms with Gasteiger partial charge in [-0.2, -0.15) is 0 Å². The molecule has 0 radical (unpaired) electrons. The van der Waals surface area contributed by atoms with Gasteiger partial charge in [-0.25, -0.2) is 23.3 Å². The van der Waals surface area contributed by atoms with Crippen LogP contribution in [0.5, 0.6) is 11.5 Å². The molecule has 40 heavy (non-hydrogen) atoms. The summed E-state index contributed by atoms with van der Waals surface area (Å²) in [5.41, 5.74) is 6.68. The van der Waals surface area contributed by atoms with Crippen LogP contribution in [0.25, 0.3) is 33.5 Å². The number of likely N-dealkylation sites (tertiary alicyclic amines) is 1. The van der Waals surface area contributed by atoms with Crippen LogP contribution < -0.4 is 10.9 Å². The number of nitrogen functional groups attached to an aromatic ring is 1. The summed E-state index contributed by atoms with van der Waals surface area (Å²) in [4.78, 5) is 33.7. The fourth-order valence-corrected chi connectivity index (χ4v) is 5.32. The second-order valence-electron chi connectivity index (χ2n) is 9.37. The molecule has 1 aliphatic heterocycles. The Morgan fingerprint density at radius 1 is 1.02 bits per heavy atom. The number of amidine groups is 1. The lowest BCUT2D eigenvalue weighted by molar-refractivity contribution is -0.141. The topological polar surface area (TPSA) is 237 Å². The first kappa shape index (κ1) is 26.6. The Morgan fingerprint density at radius 2 is 1.75 bits per heavy atom. The normalized spacial score (nSPS) is 15.4. The van der Waals surface area contributed by atoms with E-state index in [1.807, 2.05) is 0 Å². The van der Waals surface area contributed by atoms with Crippen LogP contribution in [-0.4, -0.2) is 68.9 Å². The number of phenols is 2. The van der Waals surface area contributed by atoms with E-state index in [-0.39, 0.29) is 51.8 Å². The van der Waals surface area contributed by atoms with Gasteiger partial charge in [0.25, 0.3) is 5.91 Å². The van der Waals surface area contributed by atoms with Crippen LogP contribution >= 0.6 is 0 Å². The Morgan fingerprint density at radius 3 is 2.42 bits per heavy atom. The minimum Gasteiger partial charge on any atom is -0.507 e. The molecule has 1 fully saturated rings. The molecule has 13 nitrogen and oxygen atoms in total. The van der Waals surface area contributed by atoms with Gasteiger partial charge in [-0.15, -0.1) is 0 Å². The van der Waals surface area contributed by atoms with Gasteiger partial charge in [-0.05, 0) is 61.4 Å². The van der Waals surface area contributed by atoms with Gasteiger partial charge in [0.1, 0.15) is 29.2 Å². The second kappa shape index (κ2) is 9.66. The average molecular weight is 565 g/mol. The Kier molecular flexibility index (Phi) is 6.44. The molecular weight excluding hydrogens is 540 g/mol. The monoisotopic (exact) mass is 564 g/mol. The van der Waals surface area contributed by atoms with Crippen LogP contribution in [0, 0.1) is 5.41 Å². The number of aliphatic carboxylic acids is 1. The number of carbonyl (C=O) groups excluding carboxylic acids is 1. The van der Waals surface area contributed by atoms with Crippen molar-refractivity contribution >= 4 is 38.8 Å². The molecule has 2 heterocycles. The smallest absolute Gasteiger partial charge is 0.326 e. The Balaban J connectivity index is 1.74. The largest absolute Gasteiger partial charge is 0.507 e. The zero-order valence-corrected chi connectivity index (χ0v) is 21.6. The van der Waals surface area contributed by atoms with Crippen molar-refractivity contribution in [3.05, 3.63) is 59.7 Å². The number of carbonyl (C=O) groups is 2. The van der Waals surface area contributed by atoms with Gasteiger partial charge in [0.2, 0.25) is 10.0 Å². The summed E-state index contributed by atoms with van der Waals surface area (Å²) in [5.74, 6) is -2.69. The van der Waals surface area contributed by atoms with Crippen molar-refractivity contribution in [1.29, 1.82) is 5.41 Å². The van der Waals surface area contributed by atoms with Crippen molar-refractivity contribution in [3.8, 4) is 34.0 Å². The van der Waals surface area contributed by atoms with Gasteiger partial charge in [0.05, 0.1) is 21.5 Å². The number of hydrogen-bond acceptors (Lipinski definition) is 8. The maximum absolute atomic E-state index is 13.6. The molecule has 5 rings (SSSR count). The number of aromatic amines is 1. The standard InChI is InChI=1S/C26H24N6O7S/c27-23(28)12-3-5-18-19(10-12)31-24(30-18)17-9-13(25(35)32-7-1-2-20(32)26(36)37)8-16(22(17)34)15-11-14(40(29,38)39)4-6-21(15)33/h3-6,8-11,20,33-34H,1-2,7H2,(H3,27,28)(H,30,31)(H,36,37)(H2,29,38,39). The number of phenolic OH excluding ortho intramolecular Hbond substituents is 2. The lowest BCUT2D eigenvalue weighted by Gasteiger charge is -2.22. The van der Waals surface area contributed by atoms with Crippen molar-refractivity contribution in [2.75, 3.05) is 6.54 Å². The van der Waals surface area contributed by atoms with Crippen LogP contribution in [-0.2, 0) is 14.8 Å². The number of hydrogen-bond donors (Lipinski definition) is 7. The van der Waals surface area contributed by atoms with Gasteiger partial charge in [-0.1, -0.05) is 0 Å². The number of aromatic nitrogens is 2. The van der Waals surface area contributed by atoms with Crippen LogP contribution in [0.3, 0.4) is 0 Å². The number of H-pyrrole nitrogens is 1. The highest BCUT2D eigenvalue weighted by Gasteiger charge is 2.35. The van der Waals surface area contributed by atoms with Crippen molar-refractivity contribution in [3.63, 3.8) is 0 Å². The number of nitrogens with two attached hydrogens (primary N) is 2. The zero-order chi connectivity index (χ0) is 28.9. The number of fused-ring (bicyclic) bond motifs is 1. The van der Waals surface area contributed by atoms with E-state index in [9.17, 15) is 33.3 Å². The molecule has 1 aliphatic rings. The second-order valence-corrected chi connectivity index (χ2v) is 10.9. The molecule has 0 aliphatic carbocycles. The van der Waals surface area contributed by atoms with Crippen molar-refractivity contribution < 1.29 is 33.3 Å². The summed E-state index contributed by atoms with van der Waals surface area (Å²) in [5, 5.41) is 44.5. The Hall–Kier alpha value is -4.95. The lowest BCUT2D eigenvalue weighted by atomic mass is 9.96. The number of nitrogens with zero attached hydrogens (tertiary/aromatic N) is 2.